The Bertz CT molecular complexity index is 1000. The first kappa shape index (κ1) is 16.8. The molecule has 5 heteroatoms. The van der Waals surface area contributed by atoms with Gasteiger partial charge in [0.05, 0.1) is 0 Å². The van der Waals surface area contributed by atoms with E-state index in [-0.39, 0.29) is 12.5 Å². The van der Waals surface area contributed by atoms with Crippen molar-refractivity contribution in [2.45, 2.75) is 20.8 Å². The maximum atomic E-state index is 12.1. The SMILES string of the molecule is Cc1ccc(C)c(OCC(=O)Nc2ccc3c(C)cc(=O)oc3c2)c1. The normalized spacial score (nSPS) is 10.7. The van der Waals surface area contributed by atoms with Crippen LogP contribution in [0.5, 0.6) is 5.75 Å². The fraction of sp³-hybridized carbons (Fsp3) is 0.200. The summed E-state index contributed by atoms with van der Waals surface area (Å²) in [4.78, 5) is 23.6. The summed E-state index contributed by atoms with van der Waals surface area (Å²) < 4.78 is 10.8. The molecule has 3 rings (SSSR count). The highest BCUT2D eigenvalue weighted by atomic mass is 16.5. The second-order valence-electron chi connectivity index (χ2n) is 6.07. The molecule has 0 saturated heterocycles. The predicted octanol–water partition coefficient (Wildman–Crippen LogP) is 3.74. The van der Waals surface area contributed by atoms with Crippen LogP contribution in [0.15, 0.2) is 51.7 Å². The quantitative estimate of drug-likeness (QED) is 0.737. The lowest BCUT2D eigenvalue weighted by Crippen LogP contribution is -2.20. The number of benzene rings is 2. The van der Waals surface area contributed by atoms with Gasteiger partial charge in [0, 0.05) is 23.2 Å². The van der Waals surface area contributed by atoms with Crippen molar-refractivity contribution in [1.29, 1.82) is 0 Å². The Hall–Kier alpha value is -3.08. The Morgan fingerprint density at radius 2 is 1.84 bits per heavy atom. The van der Waals surface area contributed by atoms with Gasteiger partial charge in [-0.3, -0.25) is 4.79 Å². The molecule has 128 valence electrons. The van der Waals surface area contributed by atoms with Gasteiger partial charge in [-0.05, 0) is 55.7 Å². The number of aryl methyl sites for hydroxylation is 3. The topological polar surface area (TPSA) is 68.5 Å². The van der Waals surface area contributed by atoms with Crippen molar-refractivity contribution in [3.8, 4) is 5.75 Å². The number of hydrogen-bond donors (Lipinski definition) is 1. The van der Waals surface area contributed by atoms with Gasteiger partial charge in [-0.2, -0.15) is 0 Å². The van der Waals surface area contributed by atoms with E-state index < -0.39 is 5.63 Å². The number of carbonyl (C=O) groups excluding carboxylic acids is 1. The highest BCUT2D eigenvalue weighted by Crippen LogP contribution is 2.21. The second kappa shape index (κ2) is 6.81. The Morgan fingerprint density at radius 3 is 2.64 bits per heavy atom. The van der Waals surface area contributed by atoms with E-state index in [1.807, 2.05) is 45.0 Å². The number of ether oxygens (including phenoxy) is 1. The van der Waals surface area contributed by atoms with Crippen LogP contribution in [0.3, 0.4) is 0 Å². The molecule has 3 aromatic rings. The molecule has 1 N–H and O–H groups in total. The molecule has 0 spiro atoms. The smallest absolute Gasteiger partial charge is 0.336 e. The van der Waals surface area contributed by atoms with Crippen LogP contribution in [0.2, 0.25) is 0 Å². The summed E-state index contributed by atoms with van der Waals surface area (Å²) >= 11 is 0. The van der Waals surface area contributed by atoms with Crippen molar-refractivity contribution < 1.29 is 13.9 Å². The van der Waals surface area contributed by atoms with E-state index >= 15 is 0 Å². The molecule has 2 aromatic carbocycles. The summed E-state index contributed by atoms with van der Waals surface area (Å²) in [5.41, 5.74) is 3.46. The van der Waals surface area contributed by atoms with Gasteiger partial charge < -0.3 is 14.5 Å². The fourth-order valence-electron chi connectivity index (χ4n) is 2.61. The lowest BCUT2D eigenvalue weighted by Gasteiger charge is -2.11. The second-order valence-corrected chi connectivity index (χ2v) is 6.07. The number of rotatable bonds is 4. The van der Waals surface area contributed by atoms with Crippen LogP contribution in [0.25, 0.3) is 11.0 Å². The molecule has 0 bridgehead atoms. The summed E-state index contributed by atoms with van der Waals surface area (Å²) in [5, 5.41) is 3.59. The van der Waals surface area contributed by atoms with Crippen molar-refractivity contribution in [3.05, 3.63) is 69.6 Å². The Morgan fingerprint density at radius 1 is 1.04 bits per heavy atom. The summed E-state index contributed by atoms with van der Waals surface area (Å²) in [6, 6.07) is 12.5. The zero-order valence-electron chi connectivity index (χ0n) is 14.4. The molecule has 0 atom stereocenters. The number of fused-ring (bicyclic) bond motifs is 1. The van der Waals surface area contributed by atoms with Crippen LogP contribution in [0.4, 0.5) is 5.69 Å². The van der Waals surface area contributed by atoms with Crippen molar-refractivity contribution in [1.82, 2.24) is 0 Å². The molecule has 0 aliphatic heterocycles. The van der Waals surface area contributed by atoms with Gasteiger partial charge >= 0.3 is 5.63 Å². The molecule has 5 nitrogen and oxygen atoms in total. The van der Waals surface area contributed by atoms with Gasteiger partial charge in [-0.25, -0.2) is 4.79 Å². The first-order valence-corrected chi connectivity index (χ1v) is 7.97. The molecule has 25 heavy (non-hydrogen) atoms. The Balaban J connectivity index is 1.71. The summed E-state index contributed by atoms with van der Waals surface area (Å²) in [6.07, 6.45) is 0. The minimum atomic E-state index is -0.410. The average molecular weight is 337 g/mol. The third-order valence-corrected chi connectivity index (χ3v) is 3.94. The molecule has 0 unspecified atom stereocenters. The number of nitrogens with one attached hydrogen (secondary N) is 1. The molecule has 0 fully saturated rings. The molecule has 1 heterocycles. The largest absolute Gasteiger partial charge is 0.483 e. The lowest BCUT2D eigenvalue weighted by molar-refractivity contribution is -0.118. The van der Waals surface area contributed by atoms with Crippen LogP contribution in [0.1, 0.15) is 16.7 Å². The minimum absolute atomic E-state index is 0.0971. The zero-order valence-corrected chi connectivity index (χ0v) is 14.4. The first-order chi connectivity index (χ1) is 11.9. The molecule has 0 radical (unpaired) electrons. The molecular weight excluding hydrogens is 318 g/mol. The molecular formula is C20H19NO4. The van der Waals surface area contributed by atoms with E-state index in [0.29, 0.717) is 17.0 Å². The molecule has 1 aromatic heterocycles. The monoisotopic (exact) mass is 337 g/mol. The van der Waals surface area contributed by atoms with Crippen molar-refractivity contribution in [2.75, 3.05) is 11.9 Å². The minimum Gasteiger partial charge on any atom is -0.483 e. The van der Waals surface area contributed by atoms with E-state index in [2.05, 4.69) is 5.32 Å². The fourth-order valence-corrected chi connectivity index (χ4v) is 2.61. The first-order valence-electron chi connectivity index (χ1n) is 7.97. The molecule has 0 aliphatic carbocycles. The Labute approximate surface area is 145 Å². The van der Waals surface area contributed by atoms with Gasteiger partial charge in [-0.15, -0.1) is 0 Å². The van der Waals surface area contributed by atoms with E-state index in [1.165, 1.54) is 6.07 Å². The zero-order chi connectivity index (χ0) is 18.0. The summed E-state index contributed by atoms with van der Waals surface area (Å²) in [6.45, 7) is 5.65. The van der Waals surface area contributed by atoms with Gasteiger partial charge in [-0.1, -0.05) is 12.1 Å². The van der Waals surface area contributed by atoms with E-state index in [4.69, 9.17) is 9.15 Å². The van der Waals surface area contributed by atoms with E-state index in [9.17, 15) is 9.59 Å². The van der Waals surface area contributed by atoms with Crippen LogP contribution in [-0.4, -0.2) is 12.5 Å². The standard InChI is InChI=1S/C20H19NO4/c1-12-4-5-13(2)17(8-12)24-11-19(22)21-15-6-7-16-14(3)9-20(23)25-18(16)10-15/h4-10H,11H2,1-3H3,(H,21,22). The molecule has 1 amide bonds. The Kier molecular flexibility index (Phi) is 4.57. The third kappa shape index (κ3) is 3.88. The number of amides is 1. The van der Waals surface area contributed by atoms with Crippen LogP contribution < -0.4 is 15.7 Å². The maximum absolute atomic E-state index is 12.1. The summed E-state index contributed by atoms with van der Waals surface area (Å²) in [5.74, 6) is 0.408. The number of carbonyl (C=O) groups is 1. The highest BCUT2D eigenvalue weighted by molar-refractivity contribution is 5.94. The predicted molar refractivity (Wildman–Crippen MR) is 97.3 cm³/mol. The van der Waals surface area contributed by atoms with Crippen LogP contribution in [0, 0.1) is 20.8 Å². The molecule has 0 aliphatic rings. The van der Waals surface area contributed by atoms with Crippen molar-refractivity contribution in [3.63, 3.8) is 0 Å². The summed E-state index contributed by atoms with van der Waals surface area (Å²) in [7, 11) is 0. The number of hydrogen-bond acceptors (Lipinski definition) is 4. The van der Waals surface area contributed by atoms with Gasteiger partial charge in [0.2, 0.25) is 0 Å². The van der Waals surface area contributed by atoms with Gasteiger partial charge in [0.15, 0.2) is 6.61 Å². The average Bonchev–Trinajstić information content (AvgIpc) is 2.55. The lowest BCUT2D eigenvalue weighted by atomic mass is 10.1. The number of anilines is 1. The van der Waals surface area contributed by atoms with Gasteiger partial charge in [0.25, 0.3) is 5.91 Å². The molecule has 0 saturated carbocycles. The maximum Gasteiger partial charge on any atom is 0.336 e. The van der Waals surface area contributed by atoms with Crippen LogP contribution >= 0.6 is 0 Å². The van der Waals surface area contributed by atoms with Crippen LogP contribution in [-0.2, 0) is 4.79 Å². The van der Waals surface area contributed by atoms with Crippen molar-refractivity contribution in [2.24, 2.45) is 0 Å². The van der Waals surface area contributed by atoms with E-state index in [1.54, 1.807) is 12.1 Å². The van der Waals surface area contributed by atoms with Crippen molar-refractivity contribution >= 4 is 22.6 Å². The van der Waals surface area contributed by atoms with E-state index in [0.717, 1.165) is 22.1 Å². The highest BCUT2D eigenvalue weighted by Gasteiger charge is 2.08. The van der Waals surface area contributed by atoms with Gasteiger partial charge in [0.1, 0.15) is 11.3 Å². The third-order valence-electron chi connectivity index (χ3n) is 3.94.